The van der Waals surface area contributed by atoms with Gasteiger partial charge in [0.05, 0.1) is 12.1 Å². The highest BCUT2D eigenvalue weighted by Gasteiger charge is 2.38. The lowest BCUT2D eigenvalue weighted by Gasteiger charge is -2.09. The van der Waals surface area contributed by atoms with Crippen LogP contribution in [-0.4, -0.2) is 29.3 Å². The van der Waals surface area contributed by atoms with Gasteiger partial charge in [-0.2, -0.15) is 23.4 Å². The van der Waals surface area contributed by atoms with Crippen LogP contribution in [0.3, 0.4) is 0 Å². The fraction of sp³-hybridized carbons (Fsp3) is 0.571. The van der Waals surface area contributed by atoms with Gasteiger partial charge in [-0.1, -0.05) is 0 Å². The summed E-state index contributed by atoms with van der Waals surface area (Å²) in [6, 6.07) is 0. The molecule has 2 rings (SSSR count). The predicted molar refractivity (Wildman–Crippen MR) is 79.2 cm³/mol. The van der Waals surface area contributed by atoms with Crippen LogP contribution in [0, 0.1) is 19.3 Å². The molecule has 2 heterocycles. The normalized spacial score (nSPS) is 15.3. The van der Waals surface area contributed by atoms with E-state index in [0.29, 0.717) is 31.5 Å². The molecule has 23 heavy (non-hydrogen) atoms. The van der Waals surface area contributed by atoms with Crippen LogP contribution in [-0.2, 0) is 6.42 Å². The molecule has 0 saturated heterocycles. The molecule has 1 aliphatic heterocycles. The molecule has 0 radical (unpaired) electrons. The lowest BCUT2D eigenvalue weighted by atomic mass is 10.0. The first-order chi connectivity index (χ1) is 10.7. The number of carbonyl (C=O) groups is 1. The smallest absolute Gasteiger partial charge is 0.351 e. The maximum Gasteiger partial charge on any atom is 0.395 e. The Morgan fingerprint density at radius 1 is 1.39 bits per heavy atom. The van der Waals surface area contributed by atoms with Crippen molar-refractivity contribution in [2.75, 3.05) is 6.54 Å². The van der Waals surface area contributed by atoms with Gasteiger partial charge in [-0.25, -0.2) is 4.98 Å². The third-order valence-electron chi connectivity index (χ3n) is 3.26. The maximum atomic E-state index is 12.4. The van der Waals surface area contributed by atoms with Crippen molar-refractivity contribution in [2.45, 2.75) is 44.4 Å². The van der Waals surface area contributed by atoms with Gasteiger partial charge in [-0.15, -0.1) is 23.7 Å². The number of alkyl halides is 3. The molecule has 0 aromatic carbocycles. The molecule has 1 N–H and O–H groups in total. The molecule has 0 saturated carbocycles. The van der Waals surface area contributed by atoms with Gasteiger partial charge >= 0.3 is 6.18 Å². The van der Waals surface area contributed by atoms with Crippen LogP contribution in [0.4, 0.5) is 13.2 Å². The van der Waals surface area contributed by atoms with E-state index >= 15 is 0 Å². The van der Waals surface area contributed by atoms with Crippen LogP contribution in [0.1, 0.15) is 39.6 Å². The standard InChI is InChI=1S/C14H15F3N4OS/c1-3-4-5-13(20-21-13)6-7-18-12(22)11-9(2)19-10(23-11)8-14(15,16)17/h1H,4-8H2,2H3,(H,18,22). The zero-order valence-corrected chi connectivity index (χ0v) is 13.2. The fourth-order valence-electron chi connectivity index (χ4n) is 2.03. The monoisotopic (exact) mass is 344 g/mol. The Kier molecular flexibility index (Phi) is 5.04. The molecule has 0 atom stereocenters. The van der Waals surface area contributed by atoms with E-state index in [1.807, 2.05) is 0 Å². The highest BCUT2D eigenvalue weighted by Crippen LogP contribution is 2.36. The summed E-state index contributed by atoms with van der Waals surface area (Å²) in [7, 11) is 0. The second-order valence-electron chi connectivity index (χ2n) is 5.21. The number of aromatic nitrogens is 1. The first-order valence-corrected chi connectivity index (χ1v) is 7.75. The van der Waals surface area contributed by atoms with Crippen molar-refractivity contribution in [1.29, 1.82) is 0 Å². The first-order valence-electron chi connectivity index (χ1n) is 6.93. The van der Waals surface area contributed by atoms with Crippen molar-refractivity contribution in [1.82, 2.24) is 10.3 Å². The maximum absolute atomic E-state index is 12.4. The van der Waals surface area contributed by atoms with Crippen LogP contribution < -0.4 is 5.32 Å². The molecule has 0 aliphatic carbocycles. The molecule has 1 aromatic rings. The average Bonchev–Trinajstić information content (AvgIpc) is 3.11. The quantitative estimate of drug-likeness (QED) is 0.772. The van der Waals surface area contributed by atoms with Crippen LogP contribution in [0.2, 0.25) is 0 Å². The average molecular weight is 344 g/mol. The number of hydrogen-bond donors (Lipinski definition) is 1. The summed E-state index contributed by atoms with van der Waals surface area (Å²) >= 11 is 0.765. The van der Waals surface area contributed by atoms with Gasteiger partial charge in [-0.3, -0.25) is 4.79 Å². The number of halogens is 3. The van der Waals surface area contributed by atoms with Crippen LogP contribution >= 0.6 is 11.3 Å². The molecule has 5 nitrogen and oxygen atoms in total. The van der Waals surface area contributed by atoms with E-state index in [0.717, 1.165) is 11.3 Å². The highest BCUT2D eigenvalue weighted by atomic mass is 32.1. The molecular formula is C14H15F3N4OS. The van der Waals surface area contributed by atoms with E-state index in [1.54, 1.807) is 0 Å². The molecular weight excluding hydrogens is 329 g/mol. The number of terminal acetylenes is 1. The topological polar surface area (TPSA) is 66.7 Å². The summed E-state index contributed by atoms with van der Waals surface area (Å²) in [6.45, 7) is 1.84. The van der Waals surface area contributed by atoms with Gasteiger partial charge in [0.2, 0.25) is 0 Å². The first kappa shape index (κ1) is 17.4. The summed E-state index contributed by atoms with van der Waals surface area (Å²) in [5, 5.41) is 10.4. The minimum atomic E-state index is -4.34. The SMILES string of the molecule is C#CCCC1(CCNC(=O)c2sc(CC(F)(F)F)nc2C)N=N1. The zero-order chi connectivity index (χ0) is 17.1. The van der Waals surface area contributed by atoms with Gasteiger partial charge < -0.3 is 5.32 Å². The molecule has 0 unspecified atom stereocenters. The van der Waals surface area contributed by atoms with E-state index in [4.69, 9.17) is 6.42 Å². The largest absolute Gasteiger partial charge is 0.395 e. The summed E-state index contributed by atoms with van der Waals surface area (Å²) in [5.41, 5.74) is -0.196. The number of rotatable bonds is 7. The Labute approximate surface area is 135 Å². The molecule has 0 spiro atoms. The molecule has 0 bridgehead atoms. The Bertz CT molecular complexity index is 654. The van der Waals surface area contributed by atoms with E-state index in [1.165, 1.54) is 6.92 Å². The van der Waals surface area contributed by atoms with Crippen LogP contribution in [0.15, 0.2) is 10.2 Å². The number of thiazole rings is 1. The molecule has 0 fully saturated rings. The number of nitrogens with one attached hydrogen (secondary N) is 1. The minimum Gasteiger partial charge on any atom is -0.351 e. The Morgan fingerprint density at radius 2 is 2.09 bits per heavy atom. The fourth-order valence-corrected chi connectivity index (χ4v) is 3.05. The third kappa shape index (κ3) is 5.03. The van der Waals surface area contributed by atoms with Gasteiger partial charge in [0.15, 0.2) is 5.66 Å². The summed E-state index contributed by atoms with van der Waals surface area (Å²) in [5.74, 6) is 2.08. The summed E-state index contributed by atoms with van der Waals surface area (Å²) in [4.78, 5) is 16.1. The van der Waals surface area contributed by atoms with Gasteiger partial charge in [0, 0.05) is 25.8 Å². The predicted octanol–water partition coefficient (Wildman–Crippen LogP) is 3.25. The second-order valence-corrected chi connectivity index (χ2v) is 6.29. The van der Waals surface area contributed by atoms with Gasteiger partial charge in [0.25, 0.3) is 5.91 Å². The number of carbonyl (C=O) groups excluding carboxylic acids is 1. The molecule has 1 amide bonds. The van der Waals surface area contributed by atoms with Crippen molar-refractivity contribution in [3.63, 3.8) is 0 Å². The minimum absolute atomic E-state index is 0.113. The van der Waals surface area contributed by atoms with E-state index in [2.05, 4.69) is 26.4 Å². The van der Waals surface area contributed by atoms with Crippen molar-refractivity contribution in [2.24, 2.45) is 10.2 Å². The zero-order valence-electron chi connectivity index (χ0n) is 12.4. The lowest BCUT2D eigenvalue weighted by Crippen LogP contribution is -2.28. The van der Waals surface area contributed by atoms with Crippen molar-refractivity contribution in [3.8, 4) is 12.3 Å². The summed E-state index contributed by atoms with van der Waals surface area (Å²) in [6.07, 6.45) is 1.43. The number of aryl methyl sites for hydroxylation is 1. The van der Waals surface area contributed by atoms with Gasteiger partial charge in [0.1, 0.15) is 9.88 Å². The number of hydrogen-bond acceptors (Lipinski definition) is 5. The Morgan fingerprint density at radius 3 is 2.65 bits per heavy atom. The Hall–Kier alpha value is -1.95. The molecule has 9 heteroatoms. The van der Waals surface area contributed by atoms with E-state index in [9.17, 15) is 18.0 Å². The van der Waals surface area contributed by atoms with Crippen LogP contribution in [0.25, 0.3) is 0 Å². The Balaban J connectivity index is 1.85. The summed E-state index contributed by atoms with van der Waals surface area (Å²) < 4.78 is 37.1. The van der Waals surface area contributed by atoms with E-state index in [-0.39, 0.29) is 9.88 Å². The highest BCUT2D eigenvalue weighted by molar-refractivity contribution is 7.13. The molecule has 124 valence electrons. The third-order valence-corrected chi connectivity index (χ3v) is 4.42. The number of amides is 1. The van der Waals surface area contributed by atoms with Crippen molar-refractivity contribution >= 4 is 17.2 Å². The van der Waals surface area contributed by atoms with E-state index < -0.39 is 24.2 Å². The van der Waals surface area contributed by atoms with Crippen molar-refractivity contribution < 1.29 is 18.0 Å². The molecule has 1 aromatic heterocycles. The number of nitrogens with zero attached hydrogens (tertiary/aromatic N) is 3. The van der Waals surface area contributed by atoms with Crippen molar-refractivity contribution in [3.05, 3.63) is 15.6 Å². The molecule has 1 aliphatic rings. The lowest BCUT2D eigenvalue weighted by molar-refractivity contribution is -0.127. The van der Waals surface area contributed by atoms with Crippen LogP contribution in [0.5, 0.6) is 0 Å². The second kappa shape index (κ2) is 6.66. The van der Waals surface area contributed by atoms with Gasteiger partial charge in [-0.05, 0) is 6.92 Å².